The Hall–Kier alpha value is -5.16. The number of hydrogen-bond donors (Lipinski definition) is 4. The van der Waals surface area contributed by atoms with Gasteiger partial charge >= 0.3 is 0 Å². The highest BCUT2D eigenvalue weighted by atomic mass is 16.6. The van der Waals surface area contributed by atoms with Crippen LogP contribution in [-0.2, 0) is 0 Å². The molecule has 1 aliphatic heterocycles. The molecule has 1 aliphatic rings. The summed E-state index contributed by atoms with van der Waals surface area (Å²) >= 11 is 0. The molecule has 6 rings (SSSR count). The lowest BCUT2D eigenvalue weighted by Gasteiger charge is -2.33. The molecule has 2 heterocycles. The standard InChI is InChI=1S/C31H26O11/c1-12-6-16(32)24-20(41-12)8-13-7-17(33)25(29(40-5)21(13)27(24)35)23-15-9-14(38-3)10-19(39-4)22(15)28(36)26-18(34)11-31(2,37)42-30(23)26/h6-10,32,35-37H,11H2,1-5H3. The molecule has 0 bridgehead atoms. The fourth-order valence-electron chi connectivity index (χ4n) is 5.74. The van der Waals surface area contributed by atoms with Crippen LogP contribution in [0.3, 0.4) is 0 Å². The van der Waals surface area contributed by atoms with Crippen LogP contribution in [0.4, 0.5) is 0 Å². The number of fused-ring (bicyclic) bond motifs is 4. The zero-order valence-corrected chi connectivity index (χ0v) is 23.2. The molecule has 1 aromatic heterocycles. The quantitative estimate of drug-likeness (QED) is 0.216. The van der Waals surface area contributed by atoms with E-state index in [1.165, 1.54) is 58.6 Å². The number of methoxy groups -OCH3 is 3. The van der Waals surface area contributed by atoms with Crippen LogP contribution in [0.2, 0.25) is 0 Å². The number of rotatable bonds is 4. The number of phenols is 2. The molecule has 11 heteroatoms. The van der Waals surface area contributed by atoms with E-state index in [1.54, 1.807) is 6.92 Å². The van der Waals surface area contributed by atoms with Gasteiger partial charge in [0.15, 0.2) is 11.2 Å². The van der Waals surface area contributed by atoms with Crippen LogP contribution >= 0.6 is 0 Å². The number of aromatic hydroxyl groups is 3. The Morgan fingerprint density at radius 3 is 2.24 bits per heavy atom. The SMILES string of the molecule is COc1cc(OC)c2c(O)c3c(c(-c4c(OC)c5c(O)c6c(O)cc(C)oc6cc5cc4=O)c2c1)OC(C)(O)CC3=O. The highest BCUT2D eigenvalue weighted by Crippen LogP contribution is 2.55. The normalized spacial score (nSPS) is 16.5. The predicted octanol–water partition coefficient (Wildman–Crippen LogP) is 4.89. The highest BCUT2D eigenvalue weighted by Gasteiger charge is 2.41. The number of carbonyl (C=O) groups excluding carboxylic acids is 1. The van der Waals surface area contributed by atoms with Crippen molar-refractivity contribution in [3.63, 3.8) is 0 Å². The number of benzene rings is 4. The van der Waals surface area contributed by atoms with Crippen molar-refractivity contribution in [2.75, 3.05) is 21.3 Å². The van der Waals surface area contributed by atoms with Crippen molar-refractivity contribution in [3.8, 4) is 51.4 Å². The van der Waals surface area contributed by atoms with Gasteiger partial charge in [0.1, 0.15) is 62.5 Å². The zero-order valence-electron chi connectivity index (χ0n) is 23.2. The molecule has 0 radical (unpaired) electrons. The lowest BCUT2D eigenvalue weighted by Crippen LogP contribution is -2.39. The maximum Gasteiger partial charge on any atom is 0.212 e. The van der Waals surface area contributed by atoms with E-state index in [4.69, 9.17) is 23.4 Å². The van der Waals surface area contributed by atoms with E-state index in [9.17, 15) is 30.0 Å². The van der Waals surface area contributed by atoms with Crippen LogP contribution in [0, 0.1) is 6.92 Å². The number of ether oxygens (including phenoxy) is 4. The summed E-state index contributed by atoms with van der Waals surface area (Å²) < 4.78 is 28.3. The summed E-state index contributed by atoms with van der Waals surface area (Å²) in [5, 5.41) is 44.9. The number of phenolic OH excluding ortho intramolecular Hbond substituents is 2. The molecule has 5 aromatic rings. The summed E-state index contributed by atoms with van der Waals surface area (Å²) in [6.07, 6.45) is -0.467. The van der Waals surface area contributed by atoms with E-state index in [1.807, 2.05) is 0 Å². The van der Waals surface area contributed by atoms with E-state index in [-0.39, 0.29) is 78.0 Å². The van der Waals surface area contributed by atoms with Gasteiger partial charge in [0.05, 0.1) is 44.1 Å². The molecule has 0 fully saturated rings. The van der Waals surface area contributed by atoms with Gasteiger partial charge in [-0.25, -0.2) is 0 Å². The van der Waals surface area contributed by atoms with Gasteiger partial charge in [-0.1, -0.05) is 0 Å². The number of Topliss-reactive ketones (excluding diaryl/α,β-unsaturated/α-hetero) is 1. The minimum absolute atomic E-state index is 0.00806. The van der Waals surface area contributed by atoms with Crippen molar-refractivity contribution >= 4 is 38.3 Å². The van der Waals surface area contributed by atoms with Gasteiger partial charge in [0.25, 0.3) is 0 Å². The Morgan fingerprint density at radius 2 is 1.57 bits per heavy atom. The van der Waals surface area contributed by atoms with Gasteiger partial charge in [-0.2, -0.15) is 0 Å². The summed E-state index contributed by atoms with van der Waals surface area (Å²) in [6, 6.07) is 7.09. The van der Waals surface area contributed by atoms with E-state index in [0.717, 1.165) is 0 Å². The molecule has 0 aliphatic carbocycles. The Morgan fingerprint density at radius 1 is 0.833 bits per heavy atom. The second kappa shape index (κ2) is 9.18. The summed E-state index contributed by atoms with van der Waals surface area (Å²) in [6.45, 7) is 2.91. The average molecular weight is 575 g/mol. The summed E-state index contributed by atoms with van der Waals surface area (Å²) in [7, 11) is 4.08. The Balaban J connectivity index is 1.88. The summed E-state index contributed by atoms with van der Waals surface area (Å²) in [4.78, 5) is 27.3. The average Bonchev–Trinajstić information content (AvgIpc) is 2.91. The van der Waals surface area contributed by atoms with Crippen molar-refractivity contribution in [2.24, 2.45) is 0 Å². The number of aliphatic hydroxyl groups is 1. The van der Waals surface area contributed by atoms with Gasteiger partial charge in [0, 0.05) is 30.0 Å². The molecule has 1 unspecified atom stereocenters. The molecular formula is C31H26O11. The number of ketones is 1. The minimum Gasteiger partial charge on any atom is -0.507 e. The molecule has 4 N–H and O–H groups in total. The first-order valence-corrected chi connectivity index (χ1v) is 12.8. The molecule has 0 amide bonds. The molecule has 4 aromatic carbocycles. The first-order valence-electron chi connectivity index (χ1n) is 12.8. The van der Waals surface area contributed by atoms with E-state index in [2.05, 4.69) is 0 Å². The van der Waals surface area contributed by atoms with Gasteiger partial charge in [-0.05, 0) is 30.5 Å². The molecule has 0 spiro atoms. The van der Waals surface area contributed by atoms with Crippen molar-refractivity contribution in [1.82, 2.24) is 0 Å². The molecule has 1 atom stereocenters. The third-order valence-corrected chi connectivity index (χ3v) is 7.42. The topological polar surface area (TPSA) is 165 Å². The van der Waals surface area contributed by atoms with Crippen LogP contribution in [0.1, 0.15) is 29.5 Å². The number of carbonyl (C=O) groups is 1. The van der Waals surface area contributed by atoms with E-state index >= 15 is 0 Å². The second-order valence-corrected chi connectivity index (χ2v) is 10.3. The van der Waals surface area contributed by atoms with Crippen molar-refractivity contribution in [3.05, 3.63) is 51.9 Å². The third kappa shape index (κ3) is 3.77. The molecular weight excluding hydrogens is 548 g/mol. The van der Waals surface area contributed by atoms with E-state index in [0.29, 0.717) is 5.76 Å². The first-order chi connectivity index (χ1) is 19.9. The molecule has 11 nitrogen and oxygen atoms in total. The maximum absolute atomic E-state index is 14.0. The predicted molar refractivity (Wildman–Crippen MR) is 153 cm³/mol. The van der Waals surface area contributed by atoms with Crippen LogP contribution < -0.4 is 24.4 Å². The Kier molecular flexibility index (Phi) is 5.91. The van der Waals surface area contributed by atoms with Gasteiger partial charge in [-0.3, -0.25) is 9.59 Å². The zero-order chi connectivity index (χ0) is 30.2. The van der Waals surface area contributed by atoms with Crippen LogP contribution in [0.5, 0.6) is 40.2 Å². The maximum atomic E-state index is 14.0. The lowest BCUT2D eigenvalue weighted by molar-refractivity contribution is -0.122. The van der Waals surface area contributed by atoms with E-state index < -0.39 is 34.9 Å². The van der Waals surface area contributed by atoms with Crippen molar-refractivity contribution in [2.45, 2.75) is 26.1 Å². The van der Waals surface area contributed by atoms with Crippen LogP contribution in [-0.4, -0.2) is 53.3 Å². The van der Waals surface area contributed by atoms with Crippen LogP contribution in [0.25, 0.3) is 43.6 Å². The van der Waals surface area contributed by atoms with Crippen molar-refractivity contribution in [1.29, 1.82) is 0 Å². The second-order valence-electron chi connectivity index (χ2n) is 10.3. The minimum atomic E-state index is -1.97. The molecule has 216 valence electrons. The summed E-state index contributed by atoms with van der Waals surface area (Å²) in [5.74, 6) is -3.32. The van der Waals surface area contributed by atoms with Gasteiger partial charge < -0.3 is 43.8 Å². The first kappa shape index (κ1) is 27.0. The monoisotopic (exact) mass is 574 g/mol. The molecule has 0 saturated heterocycles. The third-order valence-electron chi connectivity index (χ3n) is 7.42. The lowest BCUT2D eigenvalue weighted by atomic mass is 9.86. The highest BCUT2D eigenvalue weighted by molar-refractivity contribution is 6.18. The largest absolute Gasteiger partial charge is 0.507 e. The smallest absolute Gasteiger partial charge is 0.212 e. The fourth-order valence-corrected chi connectivity index (χ4v) is 5.74. The Bertz CT molecular complexity index is 2050. The molecule has 0 saturated carbocycles. The van der Waals surface area contributed by atoms with Crippen LogP contribution in [0.15, 0.2) is 39.5 Å². The van der Waals surface area contributed by atoms with Gasteiger partial charge in [-0.15, -0.1) is 0 Å². The Labute approximate surface area is 237 Å². The fraction of sp³-hybridized carbons (Fsp3) is 0.226. The number of hydrogen-bond acceptors (Lipinski definition) is 11. The van der Waals surface area contributed by atoms with Crippen molar-refractivity contribution < 1.29 is 48.6 Å². The molecule has 42 heavy (non-hydrogen) atoms. The number of aryl methyl sites for hydroxylation is 1. The van der Waals surface area contributed by atoms with Gasteiger partial charge in [0.2, 0.25) is 5.79 Å². The summed E-state index contributed by atoms with van der Waals surface area (Å²) in [5.41, 5.74) is -0.885.